The Labute approximate surface area is 104 Å². The molecule has 3 N–H and O–H groups in total. The number of likely N-dealkylation sites (tertiary alicyclic amines) is 1. The lowest BCUT2D eigenvalue weighted by atomic mass is 10.0. The third kappa shape index (κ3) is 1.83. The first-order valence-electron chi connectivity index (χ1n) is 6.18. The van der Waals surface area contributed by atoms with Crippen molar-refractivity contribution in [2.75, 3.05) is 19.7 Å². The molecule has 0 saturated carbocycles. The third-order valence-electron chi connectivity index (χ3n) is 3.69. The van der Waals surface area contributed by atoms with Crippen LogP contribution < -0.4 is 5.56 Å². The molecule has 1 unspecified atom stereocenters. The van der Waals surface area contributed by atoms with E-state index in [1.54, 1.807) is 0 Å². The molecule has 96 valence electrons. The summed E-state index contributed by atoms with van der Waals surface area (Å²) in [4.78, 5) is 23.5. The van der Waals surface area contributed by atoms with Gasteiger partial charge in [-0.25, -0.2) is 4.98 Å². The maximum absolute atomic E-state index is 11.5. The average Bonchev–Trinajstić information content (AvgIpc) is 2.74. The Hall–Kier alpha value is -1.66. The molecule has 0 spiro atoms. The van der Waals surface area contributed by atoms with E-state index in [4.69, 9.17) is 5.11 Å². The molecule has 1 saturated heterocycles. The molecule has 3 heterocycles. The van der Waals surface area contributed by atoms with Crippen molar-refractivity contribution >= 4 is 11.0 Å². The highest BCUT2D eigenvalue weighted by Gasteiger charge is 2.26. The van der Waals surface area contributed by atoms with Gasteiger partial charge in [0, 0.05) is 25.3 Å². The summed E-state index contributed by atoms with van der Waals surface area (Å²) in [6.07, 6.45) is 5.19. The van der Waals surface area contributed by atoms with E-state index in [0.29, 0.717) is 11.6 Å². The van der Waals surface area contributed by atoms with Crippen LogP contribution in [-0.2, 0) is 6.42 Å². The number of hydrogen-bond acceptors (Lipinski definition) is 4. The maximum atomic E-state index is 11.5. The fourth-order valence-electron chi connectivity index (χ4n) is 2.45. The molecule has 2 aromatic rings. The second kappa shape index (κ2) is 4.55. The van der Waals surface area contributed by atoms with Gasteiger partial charge in [0.1, 0.15) is 5.52 Å². The number of aromatic nitrogens is 3. The molecule has 18 heavy (non-hydrogen) atoms. The summed E-state index contributed by atoms with van der Waals surface area (Å²) in [5, 5.41) is 9.12. The van der Waals surface area contributed by atoms with Crippen LogP contribution >= 0.6 is 0 Å². The summed E-state index contributed by atoms with van der Waals surface area (Å²) >= 11 is 0. The normalized spacial score (nSPS) is 20.2. The minimum Gasteiger partial charge on any atom is -0.395 e. The standard InChI is InChI=1S/C12H16N4O2/c17-6-9-2-4-16(9)3-1-8-5-13-11-10(8)14-7-15-12(11)18/h5,7,9,13,17H,1-4,6H2,(H,14,15,18). The van der Waals surface area contributed by atoms with Crippen LogP contribution in [-0.4, -0.2) is 50.7 Å². The Kier molecular flexibility index (Phi) is 2.89. The van der Waals surface area contributed by atoms with Crippen LogP contribution in [0.4, 0.5) is 0 Å². The Morgan fingerprint density at radius 1 is 1.50 bits per heavy atom. The monoisotopic (exact) mass is 248 g/mol. The number of nitrogens with one attached hydrogen (secondary N) is 2. The van der Waals surface area contributed by atoms with Crippen molar-refractivity contribution < 1.29 is 5.11 Å². The van der Waals surface area contributed by atoms with E-state index in [9.17, 15) is 4.79 Å². The molecule has 0 bridgehead atoms. The van der Waals surface area contributed by atoms with E-state index in [2.05, 4.69) is 19.9 Å². The molecule has 1 atom stereocenters. The number of rotatable bonds is 4. The second-order valence-corrected chi connectivity index (χ2v) is 4.68. The van der Waals surface area contributed by atoms with E-state index >= 15 is 0 Å². The Morgan fingerprint density at radius 2 is 2.39 bits per heavy atom. The molecule has 0 radical (unpaired) electrons. The minimum absolute atomic E-state index is 0.136. The number of H-pyrrole nitrogens is 2. The van der Waals surface area contributed by atoms with Gasteiger partial charge in [0.05, 0.1) is 18.5 Å². The van der Waals surface area contributed by atoms with Gasteiger partial charge in [0.2, 0.25) is 0 Å². The van der Waals surface area contributed by atoms with Gasteiger partial charge in [-0.15, -0.1) is 0 Å². The van der Waals surface area contributed by atoms with Gasteiger partial charge >= 0.3 is 0 Å². The number of aromatic amines is 2. The van der Waals surface area contributed by atoms with Crippen molar-refractivity contribution in [2.45, 2.75) is 18.9 Å². The minimum atomic E-state index is -0.136. The van der Waals surface area contributed by atoms with E-state index in [1.165, 1.54) is 6.33 Å². The Balaban J connectivity index is 1.75. The molecule has 1 fully saturated rings. The summed E-state index contributed by atoms with van der Waals surface area (Å²) < 4.78 is 0. The second-order valence-electron chi connectivity index (χ2n) is 4.68. The molecule has 6 heteroatoms. The fourth-order valence-corrected chi connectivity index (χ4v) is 2.45. The molecular formula is C12H16N4O2. The van der Waals surface area contributed by atoms with Gasteiger partial charge in [-0.1, -0.05) is 0 Å². The summed E-state index contributed by atoms with van der Waals surface area (Å²) in [6, 6.07) is 0.312. The van der Waals surface area contributed by atoms with Crippen LogP contribution in [0.25, 0.3) is 11.0 Å². The highest BCUT2D eigenvalue weighted by molar-refractivity contribution is 5.77. The summed E-state index contributed by atoms with van der Waals surface area (Å²) in [6.45, 7) is 2.17. The Morgan fingerprint density at radius 3 is 3.11 bits per heavy atom. The zero-order valence-corrected chi connectivity index (χ0v) is 10.0. The molecule has 0 amide bonds. The number of aliphatic hydroxyl groups excluding tert-OH is 1. The maximum Gasteiger partial charge on any atom is 0.275 e. The van der Waals surface area contributed by atoms with Crippen molar-refractivity contribution in [1.29, 1.82) is 0 Å². The zero-order valence-electron chi connectivity index (χ0n) is 10.0. The van der Waals surface area contributed by atoms with Crippen LogP contribution in [0.5, 0.6) is 0 Å². The van der Waals surface area contributed by atoms with Crippen LogP contribution in [0.2, 0.25) is 0 Å². The van der Waals surface area contributed by atoms with E-state index in [0.717, 1.165) is 37.0 Å². The van der Waals surface area contributed by atoms with Crippen molar-refractivity contribution in [3.63, 3.8) is 0 Å². The van der Waals surface area contributed by atoms with Crippen molar-refractivity contribution in [3.8, 4) is 0 Å². The van der Waals surface area contributed by atoms with Gasteiger partial charge in [-0.2, -0.15) is 0 Å². The number of fused-ring (bicyclic) bond motifs is 1. The first kappa shape index (κ1) is 11.4. The topological polar surface area (TPSA) is 85.0 Å². The quantitative estimate of drug-likeness (QED) is 0.703. The highest BCUT2D eigenvalue weighted by Crippen LogP contribution is 2.18. The van der Waals surface area contributed by atoms with Crippen LogP contribution in [0, 0.1) is 0 Å². The first-order chi connectivity index (χ1) is 8.79. The summed E-state index contributed by atoms with van der Waals surface area (Å²) in [5.41, 5.74) is 2.21. The molecule has 2 aromatic heterocycles. The average molecular weight is 248 g/mol. The molecule has 0 aromatic carbocycles. The van der Waals surface area contributed by atoms with E-state index in [-0.39, 0.29) is 12.2 Å². The van der Waals surface area contributed by atoms with Crippen molar-refractivity contribution in [1.82, 2.24) is 19.9 Å². The first-order valence-corrected chi connectivity index (χ1v) is 6.18. The predicted molar refractivity (Wildman–Crippen MR) is 67.5 cm³/mol. The highest BCUT2D eigenvalue weighted by atomic mass is 16.3. The van der Waals surface area contributed by atoms with Gasteiger partial charge in [-0.3, -0.25) is 9.69 Å². The lowest BCUT2D eigenvalue weighted by Crippen LogP contribution is -2.50. The van der Waals surface area contributed by atoms with Gasteiger partial charge in [0.15, 0.2) is 0 Å². The molecular weight excluding hydrogens is 232 g/mol. The van der Waals surface area contributed by atoms with Crippen LogP contribution in [0.15, 0.2) is 17.3 Å². The third-order valence-corrected chi connectivity index (χ3v) is 3.69. The molecule has 1 aliphatic rings. The SMILES string of the molecule is O=c1[nH]cnc2c(CCN3CCC3CO)c[nH]c12. The number of nitrogens with zero attached hydrogens (tertiary/aromatic N) is 2. The van der Waals surface area contributed by atoms with Crippen molar-refractivity contribution in [3.05, 3.63) is 28.4 Å². The van der Waals surface area contributed by atoms with Gasteiger partial charge < -0.3 is 15.1 Å². The number of hydrogen-bond donors (Lipinski definition) is 3. The summed E-state index contributed by atoms with van der Waals surface area (Å²) in [5.74, 6) is 0. The molecule has 6 nitrogen and oxygen atoms in total. The molecule has 1 aliphatic heterocycles. The lowest BCUT2D eigenvalue weighted by Gasteiger charge is -2.39. The largest absolute Gasteiger partial charge is 0.395 e. The smallest absolute Gasteiger partial charge is 0.275 e. The predicted octanol–water partition coefficient (Wildman–Crippen LogP) is -0.140. The van der Waals surface area contributed by atoms with E-state index in [1.807, 2.05) is 6.20 Å². The summed E-state index contributed by atoms with van der Waals surface area (Å²) in [7, 11) is 0. The molecule has 3 rings (SSSR count). The zero-order chi connectivity index (χ0) is 12.5. The fraction of sp³-hybridized carbons (Fsp3) is 0.500. The molecule has 0 aliphatic carbocycles. The number of aliphatic hydroxyl groups is 1. The van der Waals surface area contributed by atoms with Crippen molar-refractivity contribution in [2.24, 2.45) is 0 Å². The van der Waals surface area contributed by atoms with Crippen LogP contribution in [0.3, 0.4) is 0 Å². The van der Waals surface area contributed by atoms with Gasteiger partial charge in [-0.05, 0) is 18.4 Å². The van der Waals surface area contributed by atoms with Crippen LogP contribution in [0.1, 0.15) is 12.0 Å². The Bertz CT molecular complexity index is 601. The lowest BCUT2D eigenvalue weighted by molar-refractivity contribution is 0.0437. The van der Waals surface area contributed by atoms with E-state index < -0.39 is 0 Å². The van der Waals surface area contributed by atoms with Gasteiger partial charge in [0.25, 0.3) is 5.56 Å².